The molecule has 0 fully saturated rings. The topological polar surface area (TPSA) is 15.3 Å². The molecule has 0 aliphatic rings. The van der Waals surface area contributed by atoms with Gasteiger partial charge in [-0.05, 0) is 43.1 Å². The maximum atomic E-state index is 3.59. The van der Waals surface area contributed by atoms with Crippen LogP contribution in [-0.4, -0.2) is 31.1 Å². The summed E-state index contributed by atoms with van der Waals surface area (Å²) in [6.07, 6.45) is 0. The molecule has 20 heavy (non-hydrogen) atoms. The zero-order valence-electron chi connectivity index (χ0n) is 13.5. The van der Waals surface area contributed by atoms with Gasteiger partial charge in [0.25, 0.3) is 0 Å². The normalized spacial score (nSPS) is 13.4. The molecule has 0 spiro atoms. The molecule has 1 unspecified atom stereocenters. The molecule has 0 aliphatic heterocycles. The first-order valence-corrected chi connectivity index (χ1v) is 8.34. The summed E-state index contributed by atoms with van der Waals surface area (Å²) in [5.74, 6) is 1.36. The highest BCUT2D eigenvalue weighted by Gasteiger charge is 2.18. The van der Waals surface area contributed by atoms with Crippen molar-refractivity contribution < 1.29 is 0 Å². The van der Waals surface area contributed by atoms with E-state index >= 15 is 0 Å². The van der Waals surface area contributed by atoms with Crippen molar-refractivity contribution in [2.24, 2.45) is 11.8 Å². The quantitative estimate of drug-likeness (QED) is 0.764. The number of nitrogens with one attached hydrogen (secondary N) is 1. The number of hydrogen-bond acceptors (Lipinski definition) is 2. The lowest BCUT2D eigenvalue weighted by Crippen LogP contribution is -2.43. The lowest BCUT2D eigenvalue weighted by molar-refractivity contribution is 0.178. The van der Waals surface area contributed by atoms with Crippen molar-refractivity contribution in [1.82, 2.24) is 10.2 Å². The van der Waals surface area contributed by atoms with Gasteiger partial charge in [-0.15, -0.1) is 0 Å². The van der Waals surface area contributed by atoms with E-state index in [1.54, 1.807) is 0 Å². The van der Waals surface area contributed by atoms with Crippen molar-refractivity contribution >= 4 is 15.9 Å². The molecule has 1 N–H and O–H groups in total. The van der Waals surface area contributed by atoms with Crippen LogP contribution in [0.1, 0.15) is 33.3 Å². The predicted molar refractivity (Wildman–Crippen MR) is 91.9 cm³/mol. The number of likely N-dealkylation sites (N-methyl/N-ethyl adjacent to an activating group) is 1. The van der Waals surface area contributed by atoms with Crippen LogP contribution in [-0.2, 0) is 6.54 Å². The minimum Gasteiger partial charge on any atom is -0.315 e. The van der Waals surface area contributed by atoms with Crippen molar-refractivity contribution in [3.63, 3.8) is 0 Å². The Morgan fingerprint density at radius 3 is 2.15 bits per heavy atom. The summed E-state index contributed by atoms with van der Waals surface area (Å²) in [7, 11) is 2.23. The van der Waals surface area contributed by atoms with Crippen molar-refractivity contribution in [2.75, 3.05) is 20.1 Å². The fraction of sp³-hybridized carbons (Fsp3) is 0.647. The first-order chi connectivity index (χ1) is 9.40. The average Bonchev–Trinajstić information content (AvgIpc) is 2.36. The third-order valence-electron chi connectivity index (χ3n) is 3.59. The van der Waals surface area contributed by atoms with E-state index in [9.17, 15) is 0 Å². The molecule has 2 nitrogen and oxygen atoms in total. The number of nitrogens with zero attached hydrogens (tertiary/aromatic N) is 1. The molecule has 0 saturated heterocycles. The Morgan fingerprint density at radius 1 is 1.05 bits per heavy atom. The van der Waals surface area contributed by atoms with Crippen LogP contribution in [0.4, 0.5) is 0 Å². The summed E-state index contributed by atoms with van der Waals surface area (Å²) in [4.78, 5) is 2.46. The summed E-state index contributed by atoms with van der Waals surface area (Å²) in [5, 5.41) is 3.59. The van der Waals surface area contributed by atoms with Gasteiger partial charge in [0.15, 0.2) is 0 Å². The molecule has 1 atom stereocenters. The maximum absolute atomic E-state index is 3.59. The van der Waals surface area contributed by atoms with Gasteiger partial charge < -0.3 is 5.32 Å². The smallest absolute Gasteiger partial charge is 0.0244 e. The summed E-state index contributed by atoms with van der Waals surface area (Å²) in [5.41, 5.74) is 1.37. The van der Waals surface area contributed by atoms with Crippen LogP contribution in [0.15, 0.2) is 28.7 Å². The number of benzene rings is 1. The molecule has 0 amide bonds. The fourth-order valence-corrected chi connectivity index (χ4v) is 2.68. The molecule has 3 heteroatoms. The van der Waals surface area contributed by atoms with Crippen LogP contribution in [0.3, 0.4) is 0 Å². The van der Waals surface area contributed by atoms with Crippen molar-refractivity contribution in [1.29, 1.82) is 0 Å². The Kier molecular flexibility index (Phi) is 7.78. The summed E-state index contributed by atoms with van der Waals surface area (Å²) < 4.78 is 1.14. The highest BCUT2D eigenvalue weighted by Crippen LogP contribution is 2.15. The Labute approximate surface area is 133 Å². The van der Waals surface area contributed by atoms with E-state index in [1.807, 2.05) is 0 Å². The van der Waals surface area contributed by atoms with Gasteiger partial charge in [-0.1, -0.05) is 55.8 Å². The Hall–Kier alpha value is -0.380. The van der Waals surface area contributed by atoms with Crippen LogP contribution >= 0.6 is 15.9 Å². The van der Waals surface area contributed by atoms with Gasteiger partial charge in [0.05, 0.1) is 0 Å². The van der Waals surface area contributed by atoms with Gasteiger partial charge in [-0.3, -0.25) is 4.90 Å². The minimum absolute atomic E-state index is 0.567. The highest BCUT2D eigenvalue weighted by molar-refractivity contribution is 9.10. The van der Waals surface area contributed by atoms with Crippen molar-refractivity contribution in [3.8, 4) is 0 Å². The van der Waals surface area contributed by atoms with E-state index in [4.69, 9.17) is 0 Å². The van der Waals surface area contributed by atoms with E-state index in [0.29, 0.717) is 17.9 Å². The van der Waals surface area contributed by atoms with Crippen molar-refractivity contribution in [2.45, 2.75) is 40.3 Å². The minimum atomic E-state index is 0.567. The van der Waals surface area contributed by atoms with Gasteiger partial charge in [0, 0.05) is 23.6 Å². The Balaban J connectivity index is 2.54. The summed E-state index contributed by atoms with van der Waals surface area (Å²) in [6, 6.07) is 9.19. The van der Waals surface area contributed by atoms with E-state index in [1.165, 1.54) is 5.56 Å². The highest BCUT2D eigenvalue weighted by atomic mass is 79.9. The third kappa shape index (κ3) is 6.38. The lowest BCUT2D eigenvalue weighted by Gasteiger charge is -2.32. The molecule has 0 heterocycles. The molecule has 0 radical (unpaired) electrons. The molecule has 114 valence electrons. The molecular weight excluding hydrogens is 312 g/mol. The zero-order valence-corrected chi connectivity index (χ0v) is 15.1. The second-order valence-corrected chi connectivity index (χ2v) is 7.32. The second-order valence-electron chi connectivity index (χ2n) is 6.41. The SMILES string of the molecule is CC(C)CNCC(C(C)C)N(C)Cc1ccc(Br)cc1. The lowest BCUT2D eigenvalue weighted by atomic mass is 10.0. The molecule has 0 aromatic heterocycles. The molecular formula is C17H29BrN2. The van der Waals surface area contributed by atoms with Crippen LogP contribution in [0.5, 0.6) is 0 Å². The largest absolute Gasteiger partial charge is 0.315 e. The Bertz CT molecular complexity index is 373. The van der Waals surface area contributed by atoms with E-state index < -0.39 is 0 Å². The molecule has 0 aliphatic carbocycles. The molecule has 1 rings (SSSR count). The van der Waals surface area contributed by atoms with Gasteiger partial charge in [-0.25, -0.2) is 0 Å². The van der Waals surface area contributed by atoms with Crippen LogP contribution in [0, 0.1) is 11.8 Å². The second kappa shape index (κ2) is 8.81. The van der Waals surface area contributed by atoms with Crippen molar-refractivity contribution in [3.05, 3.63) is 34.3 Å². The van der Waals surface area contributed by atoms with Gasteiger partial charge in [0.1, 0.15) is 0 Å². The van der Waals surface area contributed by atoms with E-state index in [0.717, 1.165) is 24.1 Å². The third-order valence-corrected chi connectivity index (χ3v) is 4.12. The number of halogens is 1. The molecule has 0 bridgehead atoms. The van der Waals surface area contributed by atoms with Gasteiger partial charge >= 0.3 is 0 Å². The van der Waals surface area contributed by atoms with E-state index in [2.05, 4.69) is 85.2 Å². The number of rotatable bonds is 8. The standard InChI is InChI=1S/C17H29BrN2/c1-13(2)10-19-11-17(14(3)4)20(5)12-15-6-8-16(18)9-7-15/h6-9,13-14,17,19H,10-12H2,1-5H3. The monoisotopic (exact) mass is 340 g/mol. The van der Waals surface area contributed by atoms with Gasteiger partial charge in [-0.2, -0.15) is 0 Å². The average molecular weight is 341 g/mol. The van der Waals surface area contributed by atoms with Crippen LogP contribution in [0.25, 0.3) is 0 Å². The first-order valence-electron chi connectivity index (χ1n) is 7.55. The predicted octanol–water partition coefficient (Wildman–Crippen LogP) is 4.15. The van der Waals surface area contributed by atoms with Crippen LogP contribution in [0.2, 0.25) is 0 Å². The maximum Gasteiger partial charge on any atom is 0.0244 e. The van der Waals surface area contributed by atoms with Gasteiger partial charge in [0.2, 0.25) is 0 Å². The molecule has 0 saturated carbocycles. The molecule has 1 aromatic rings. The van der Waals surface area contributed by atoms with E-state index in [-0.39, 0.29) is 0 Å². The summed E-state index contributed by atoms with van der Waals surface area (Å²) in [6.45, 7) is 12.3. The van der Waals surface area contributed by atoms with Crippen LogP contribution < -0.4 is 5.32 Å². The zero-order chi connectivity index (χ0) is 15.1. The summed E-state index contributed by atoms with van der Waals surface area (Å²) >= 11 is 3.49. The molecule has 1 aromatic carbocycles. The Morgan fingerprint density at radius 2 is 1.65 bits per heavy atom. The first kappa shape index (κ1) is 17.7. The fourth-order valence-electron chi connectivity index (χ4n) is 2.42. The number of hydrogen-bond donors (Lipinski definition) is 1.